The number of halogens is 3. The fourth-order valence-electron chi connectivity index (χ4n) is 1.55. The summed E-state index contributed by atoms with van der Waals surface area (Å²) >= 11 is 3.09. The molecule has 1 aliphatic heterocycles. The van der Waals surface area contributed by atoms with Gasteiger partial charge in [0.05, 0.1) is 12.6 Å². The second kappa shape index (κ2) is 3.94. The molecule has 1 aromatic heterocycles. The molecule has 2 heterocycles. The summed E-state index contributed by atoms with van der Waals surface area (Å²) in [5.41, 5.74) is -0.0487. The van der Waals surface area contributed by atoms with E-state index in [1.165, 1.54) is 10.7 Å². The molecule has 0 amide bonds. The summed E-state index contributed by atoms with van der Waals surface area (Å²) in [4.78, 5) is 0. The topological polar surface area (TPSA) is 27.1 Å². The molecule has 1 aromatic rings. The van der Waals surface area contributed by atoms with Crippen molar-refractivity contribution in [1.82, 2.24) is 9.78 Å². The number of ether oxygens (including phenoxy) is 1. The van der Waals surface area contributed by atoms with Crippen LogP contribution in [0.1, 0.15) is 24.6 Å². The highest BCUT2D eigenvalue weighted by atomic mass is 79.9. The lowest BCUT2D eigenvalue weighted by molar-refractivity contribution is 0.132. The summed E-state index contributed by atoms with van der Waals surface area (Å²) in [6, 6.07) is 1.30. The molecule has 0 N–H and O–H groups in total. The number of rotatable bonds is 2. The van der Waals surface area contributed by atoms with Gasteiger partial charge in [-0.3, -0.25) is 4.68 Å². The Kier molecular flexibility index (Phi) is 2.83. The van der Waals surface area contributed by atoms with Crippen molar-refractivity contribution in [2.45, 2.75) is 18.9 Å². The van der Waals surface area contributed by atoms with Crippen LogP contribution in [0.5, 0.6) is 0 Å². The highest BCUT2D eigenvalue weighted by Crippen LogP contribution is 2.28. The molecule has 1 saturated heterocycles. The second-order valence-electron chi connectivity index (χ2n) is 3.15. The van der Waals surface area contributed by atoms with Crippen LogP contribution >= 0.6 is 15.9 Å². The van der Waals surface area contributed by atoms with Gasteiger partial charge in [0, 0.05) is 6.61 Å². The quantitative estimate of drug-likeness (QED) is 0.823. The molecule has 0 bridgehead atoms. The average molecular weight is 267 g/mol. The predicted octanol–water partition coefficient (Wildman–Crippen LogP) is 2.54. The molecule has 6 heteroatoms. The van der Waals surface area contributed by atoms with Crippen molar-refractivity contribution in [3.63, 3.8) is 0 Å². The molecule has 0 aromatic carbocycles. The summed E-state index contributed by atoms with van der Waals surface area (Å²) in [5, 5.41) is 3.99. The SMILES string of the molecule is FC(F)c1cc(Br)nn1[C@H]1CCOC1. The van der Waals surface area contributed by atoms with E-state index in [9.17, 15) is 8.78 Å². The Morgan fingerprint density at radius 3 is 3.00 bits per heavy atom. The van der Waals surface area contributed by atoms with Gasteiger partial charge in [-0.1, -0.05) is 0 Å². The van der Waals surface area contributed by atoms with Crippen molar-refractivity contribution < 1.29 is 13.5 Å². The Morgan fingerprint density at radius 2 is 2.43 bits per heavy atom. The van der Waals surface area contributed by atoms with Gasteiger partial charge in [0.15, 0.2) is 0 Å². The van der Waals surface area contributed by atoms with Gasteiger partial charge in [-0.15, -0.1) is 0 Å². The third kappa shape index (κ3) is 1.81. The molecule has 3 nitrogen and oxygen atoms in total. The normalized spacial score (nSPS) is 22.1. The second-order valence-corrected chi connectivity index (χ2v) is 3.97. The summed E-state index contributed by atoms with van der Waals surface area (Å²) in [7, 11) is 0. The summed E-state index contributed by atoms with van der Waals surface area (Å²) in [6.07, 6.45) is -1.75. The molecule has 1 aliphatic rings. The Hall–Kier alpha value is -0.490. The molecule has 0 aliphatic carbocycles. The van der Waals surface area contributed by atoms with E-state index >= 15 is 0 Å². The third-order valence-electron chi connectivity index (χ3n) is 2.21. The molecule has 0 saturated carbocycles. The van der Waals surface area contributed by atoms with E-state index in [0.29, 0.717) is 17.8 Å². The van der Waals surface area contributed by atoms with Crippen LogP contribution in [0.2, 0.25) is 0 Å². The lowest BCUT2D eigenvalue weighted by Crippen LogP contribution is -2.13. The smallest absolute Gasteiger partial charge is 0.280 e. The molecule has 0 radical (unpaired) electrons. The fraction of sp³-hybridized carbons (Fsp3) is 0.625. The zero-order valence-corrected chi connectivity index (χ0v) is 8.88. The van der Waals surface area contributed by atoms with Gasteiger partial charge >= 0.3 is 0 Å². The predicted molar refractivity (Wildman–Crippen MR) is 49.4 cm³/mol. The average Bonchev–Trinajstić information content (AvgIpc) is 2.70. The Balaban J connectivity index is 2.30. The minimum atomic E-state index is -2.49. The van der Waals surface area contributed by atoms with Gasteiger partial charge < -0.3 is 4.74 Å². The molecular weight excluding hydrogens is 258 g/mol. The van der Waals surface area contributed by atoms with E-state index < -0.39 is 6.43 Å². The maximum atomic E-state index is 12.6. The van der Waals surface area contributed by atoms with Gasteiger partial charge in [0.2, 0.25) is 0 Å². The van der Waals surface area contributed by atoms with E-state index in [0.717, 1.165) is 6.42 Å². The van der Waals surface area contributed by atoms with Gasteiger partial charge in [-0.25, -0.2) is 8.78 Å². The highest BCUT2D eigenvalue weighted by Gasteiger charge is 2.25. The molecule has 1 fully saturated rings. The lowest BCUT2D eigenvalue weighted by Gasteiger charge is -2.11. The number of aromatic nitrogens is 2. The third-order valence-corrected chi connectivity index (χ3v) is 2.60. The highest BCUT2D eigenvalue weighted by molar-refractivity contribution is 9.10. The minimum absolute atomic E-state index is 0.0487. The van der Waals surface area contributed by atoms with Crippen LogP contribution in [0.4, 0.5) is 8.78 Å². The maximum Gasteiger partial charge on any atom is 0.280 e. The van der Waals surface area contributed by atoms with Crippen molar-refractivity contribution in [2.75, 3.05) is 13.2 Å². The first-order valence-electron chi connectivity index (χ1n) is 4.29. The number of hydrogen-bond donors (Lipinski definition) is 0. The summed E-state index contributed by atoms with van der Waals surface area (Å²) in [5.74, 6) is 0. The van der Waals surface area contributed by atoms with E-state index in [2.05, 4.69) is 21.0 Å². The van der Waals surface area contributed by atoms with Crippen LogP contribution in [0.15, 0.2) is 10.7 Å². The first-order chi connectivity index (χ1) is 6.68. The van der Waals surface area contributed by atoms with Crippen LogP contribution in [-0.4, -0.2) is 23.0 Å². The summed E-state index contributed by atoms with van der Waals surface area (Å²) < 4.78 is 32.1. The zero-order valence-electron chi connectivity index (χ0n) is 7.29. The molecule has 2 rings (SSSR count). The standard InChI is InChI=1S/C8H9BrF2N2O/c9-7-3-6(8(10)11)13(12-7)5-1-2-14-4-5/h3,5,8H,1-2,4H2/t5-/m0/s1. The Bertz CT molecular complexity index is 323. The van der Waals surface area contributed by atoms with Crippen molar-refractivity contribution in [2.24, 2.45) is 0 Å². The van der Waals surface area contributed by atoms with E-state index in [1.807, 2.05) is 0 Å². The van der Waals surface area contributed by atoms with E-state index in [1.54, 1.807) is 0 Å². The number of nitrogens with zero attached hydrogens (tertiary/aromatic N) is 2. The van der Waals surface area contributed by atoms with Crippen molar-refractivity contribution in [3.05, 3.63) is 16.4 Å². The molecular formula is C8H9BrF2N2O. The van der Waals surface area contributed by atoms with Crippen LogP contribution in [0.3, 0.4) is 0 Å². The Morgan fingerprint density at radius 1 is 1.64 bits per heavy atom. The van der Waals surface area contributed by atoms with E-state index in [4.69, 9.17) is 4.74 Å². The van der Waals surface area contributed by atoms with Gasteiger partial charge in [0.25, 0.3) is 6.43 Å². The van der Waals surface area contributed by atoms with Gasteiger partial charge in [0.1, 0.15) is 10.3 Å². The molecule has 0 spiro atoms. The van der Waals surface area contributed by atoms with Crippen molar-refractivity contribution in [3.8, 4) is 0 Å². The van der Waals surface area contributed by atoms with Crippen molar-refractivity contribution in [1.29, 1.82) is 0 Å². The van der Waals surface area contributed by atoms with Gasteiger partial charge in [-0.2, -0.15) is 5.10 Å². The van der Waals surface area contributed by atoms with Crippen LogP contribution in [0, 0.1) is 0 Å². The molecule has 78 valence electrons. The maximum absolute atomic E-state index is 12.6. The molecule has 1 atom stereocenters. The monoisotopic (exact) mass is 266 g/mol. The van der Waals surface area contributed by atoms with Crippen LogP contribution in [0.25, 0.3) is 0 Å². The Labute approximate surface area is 88.2 Å². The zero-order chi connectivity index (χ0) is 10.1. The van der Waals surface area contributed by atoms with Crippen LogP contribution in [-0.2, 0) is 4.74 Å². The molecule has 14 heavy (non-hydrogen) atoms. The number of alkyl halides is 2. The van der Waals surface area contributed by atoms with E-state index in [-0.39, 0.29) is 11.7 Å². The summed E-state index contributed by atoms with van der Waals surface area (Å²) in [6.45, 7) is 1.08. The van der Waals surface area contributed by atoms with Crippen molar-refractivity contribution >= 4 is 15.9 Å². The minimum Gasteiger partial charge on any atom is -0.379 e. The van der Waals surface area contributed by atoms with Crippen LogP contribution < -0.4 is 0 Å². The first-order valence-corrected chi connectivity index (χ1v) is 5.08. The lowest BCUT2D eigenvalue weighted by atomic mass is 10.2. The number of hydrogen-bond acceptors (Lipinski definition) is 2. The van der Waals surface area contributed by atoms with Gasteiger partial charge in [-0.05, 0) is 28.4 Å². The fourth-order valence-corrected chi connectivity index (χ4v) is 1.95. The molecule has 0 unspecified atom stereocenters. The largest absolute Gasteiger partial charge is 0.379 e. The first kappa shape index (κ1) is 10.0.